The first kappa shape index (κ1) is 13.2. The van der Waals surface area contributed by atoms with E-state index in [2.05, 4.69) is 20.1 Å². The lowest BCUT2D eigenvalue weighted by atomic mass is 10.2. The van der Waals surface area contributed by atoms with E-state index in [9.17, 15) is 4.39 Å². The van der Waals surface area contributed by atoms with E-state index in [1.807, 2.05) is 18.2 Å². The maximum atomic E-state index is 13.2. The zero-order chi connectivity index (χ0) is 14.9. The van der Waals surface area contributed by atoms with Crippen LogP contribution in [0.5, 0.6) is 0 Å². The van der Waals surface area contributed by atoms with E-state index in [0.717, 1.165) is 54.4 Å². The first-order valence-corrected chi connectivity index (χ1v) is 7.25. The normalized spacial score (nSPS) is 15.4. The molecule has 1 aliphatic rings. The fraction of sp³-hybridized carbons (Fsp3) is 0.250. The summed E-state index contributed by atoms with van der Waals surface area (Å²) in [5.74, 6) is 0.601. The van der Waals surface area contributed by atoms with Crippen molar-refractivity contribution >= 4 is 16.7 Å². The number of rotatable bonds is 2. The van der Waals surface area contributed by atoms with Crippen LogP contribution in [0.3, 0.4) is 0 Å². The van der Waals surface area contributed by atoms with Crippen LogP contribution in [-0.4, -0.2) is 41.5 Å². The van der Waals surface area contributed by atoms with E-state index in [0.29, 0.717) is 0 Å². The third kappa shape index (κ3) is 2.42. The summed E-state index contributed by atoms with van der Waals surface area (Å²) in [6.45, 7) is 3.10. The topological polar surface area (TPSA) is 54.0 Å². The number of nitrogens with one attached hydrogen (secondary N) is 1. The molecule has 0 bridgehead atoms. The molecule has 0 unspecified atom stereocenters. The average Bonchev–Trinajstić information content (AvgIpc) is 2.99. The zero-order valence-corrected chi connectivity index (χ0v) is 11.9. The maximum absolute atomic E-state index is 13.2. The van der Waals surface area contributed by atoms with Crippen molar-refractivity contribution in [2.24, 2.45) is 0 Å². The number of anilines is 1. The second-order valence-corrected chi connectivity index (χ2v) is 5.29. The average molecular weight is 298 g/mol. The van der Waals surface area contributed by atoms with Crippen molar-refractivity contribution in [3.63, 3.8) is 0 Å². The van der Waals surface area contributed by atoms with Crippen molar-refractivity contribution in [3.8, 4) is 11.4 Å². The van der Waals surface area contributed by atoms with Crippen LogP contribution in [0, 0.1) is 5.82 Å². The summed E-state index contributed by atoms with van der Waals surface area (Å²) in [6.07, 6.45) is 0. The summed E-state index contributed by atoms with van der Waals surface area (Å²) in [4.78, 5) is 5.33. The molecule has 112 valence electrons. The number of fused-ring (bicyclic) bond motifs is 1. The van der Waals surface area contributed by atoms with Gasteiger partial charge in [-0.2, -0.15) is 0 Å². The van der Waals surface area contributed by atoms with Gasteiger partial charge in [0.1, 0.15) is 11.5 Å². The molecule has 6 heteroatoms. The molecule has 22 heavy (non-hydrogen) atoms. The molecule has 0 saturated carbocycles. The Labute approximate surface area is 126 Å². The van der Waals surface area contributed by atoms with Gasteiger partial charge in [0.25, 0.3) is 0 Å². The molecule has 3 heterocycles. The van der Waals surface area contributed by atoms with Crippen molar-refractivity contribution in [1.82, 2.24) is 15.2 Å². The highest BCUT2D eigenvalue weighted by atomic mass is 19.1. The zero-order valence-electron chi connectivity index (χ0n) is 11.9. The Hall–Kier alpha value is -2.47. The van der Waals surface area contributed by atoms with Crippen LogP contribution in [0.2, 0.25) is 0 Å². The Bertz CT molecular complexity index is 794. The van der Waals surface area contributed by atoms with Gasteiger partial charge in [0, 0.05) is 24.0 Å². The highest BCUT2D eigenvalue weighted by Crippen LogP contribution is 2.24. The predicted molar refractivity (Wildman–Crippen MR) is 82.3 cm³/mol. The lowest BCUT2D eigenvalue weighted by Crippen LogP contribution is -2.36. The molecule has 5 nitrogen and oxygen atoms in total. The minimum Gasteiger partial charge on any atom is -0.378 e. The molecule has 1 N–H and O–H groups in total. The summed E-state index contributed by atoms with van der Waals surface area (Å²) >= 11 is 0. The SMILES string of the molecule is Fc1ccc2cc(-c3ccc(N4CCOCC4)nn3)[nH]c2c1. The van der Waals surface area contributed by atoms with Gasteiger partial charge in [0.15, 0.2) is 5.82 Å². The number of halogens is 1. The summed E-state index contributed by atoms with van der Waals surface area (Å²) in [6, 6.07) is 10.5. The van der Waals surface area contributed by atoms with E-state index in [-0.39, 0.29) is 5.82 Å². The minimum absolute atomic E-state index is 0.255. The summed E-state index contributed by atoms with van der Waals surface area (Å²) < 4.78 is 18.6. The number of nitrogens with zero attached hydrogens (tertiary/aromatic N) is 3. The highest BCUT2D eigenvalue weighted by Gasteiger charge is 2.13. The molecule has 1 aliphatic heterocycles. The molecule has 2 aromatic heterocycles. The predicted octanol–water partition coefficient (Wildman–Crippen LogP) is 2.60. The number of hydrogen-bond donors (Lipinski definition) is 1. The van der Waals surface area contributed by atoms with E-state index in [1.54, 1.807) is 6.07 Å². The van der Waals surface area contributed by atoms with Crippen molar-refractivity contribution < 1.29 is 9.13 Å². The summed E-state index contributed by atoms with van der Waals surface area (Å²) in [7, 11) is 0. The van der Waals surface area contributed by atoms with Crippen LogP contribution in [0.15, 0.2) is 36.4 Å². The molecule has 1 saturated heterocycles. The molecule has 0 aliphatic carbocycles. The molecule has 0 amide bonds. The van der Waals surface area contributed by atoms with E-state index < -0.39 is 0 Å². The fourth-order valence-electron chi connectivity index (χ4n) is 2.67. The lowest BCUT2D eigenvalue weighted by molar-refractivity contribution is 0.122. The van der Waals surface area contributed by atoms with Crippen LogP contribution in [-0.2, 0) is 4.74 Å². The quantitative estimate of drug-likeness (QED) is 0.790. The number of aromatic nitrogens is 3. The van der Waals surface area contributed by atoms with Gasteiger partial charge in [0.2, 0.25) is 0 Å². The number of morpholine rings is 1. The monoisotopic (exact) mass is 298 g/mol. The van der Waals surface area contributed by atoms with Gasteiger partial charge in [-0.1, -0.05) is 0 Å². The molecular weight excluding hydrogens is 283 g/mol. The largest absolute Gasteiger partial charge is 0.378 e. The van der Waals surface area contributed by atoms with E-state index in [1.165, 1.54) is 12.1 Å². The van der Waals surface area contributed by atoms with Gasteiger partial charge >= 0.3 is 0 Å². The second-order valence-electron chi connectivity index (χ2n) is 5.29. The van der Waals surface area contributed by atoms with Crippen LogP contribution in [0.1, 0.15) is 0 Å². The van der Waals surface area contributed by atoms with Crippen LogP contribution in [0.25, 0.3) is 22.3 Å². The molecule has 4 rings (SSSR count). The summed E-state index contributed by atoms with van der Waals surface area (Å²) in [5, 5.41) is 9.53. The van der Waals surface area contributed by atoms with Crippen molar-refractivity contribution in [2.75, 3.05) is 31.2 Å². The Morgan fingerprint density at radius 3 is 2.68 bits per heavy atom. The van der Waals surface area contributed by atoms with Gasteiger partial charge < -0.3 is 14.6 Å². The molecule has 3 aromatic rings. The van der Waals surface area contributed by atoms with Crippen molar-refractivity contribution in [3.05, 3.63) is 42.2 Å². The molecule has 1 aromatic carbocycles. The van der Waals surface area contributed by atoms with E-state index >= 15 is 0 Å². The fourth-order valence-corrected chi connectivity index (χ4v) is 2.67. The number of ether oxygens (including phenoxy) is 1. The van der Waals surface area contributed by atoms with Crippen LogP contribution >= 0.6 is 0 Å². The number of hydrogen-bond acceptors (Lipinski definition) is 4. The third-order valence-corrected chi connectivity index (χ3v) is 3.85. The molecular formula is C16H15FN4O. The summed E-state index contributed by atoms with van der Waals surface area (Å²) in [5.41, 5.74) is 2.34. The Balaban J connectivity index is 1.63. The Morgan fingerprint density at radius 2 is 1.91 bits per heavy atom. The first-order valence-electron chi connectivity index (χ1n) is 7.25. The molecule has 0 radical (unpaired) electrons. The van der Waals surface area contributed by atoms with Crippen molar-refractivity contribution in [2.45, 2.75) is 0 Å². The van der Waals surface area contributed by atoms with E-state index in [4.69, 9.17) is 4.74 Å². The standard InChI is InChI=1S/C16H15FN4O/c17-12-2-1-11-9-15(18-14(11)10-12)13-3-4-16(20-19-13)21-5-7-22-8-6-21/h1-4,9-10,18H,5-8H2. The number of aromatic amines is 1. The number of benzene rings is 1. The Kier molecular flexibility index (Phi) is 3.23. The van der Waals surface area contributed by atoms with Gasteiger partial charge in [-0.25, -0.2) is 4.39 Å². The van der Waals surface area contributed by atoms with Gasteiger partial charge in [0.05, 0.1) is 18.9 Å². The molecule has 1 fully saturated rings. The van der Waals surface area contributed by atoms with Crippen molar-refractivity contribution in [1.29, 1.82) is 0 Å². The van der Waals surface area contributed by atoms with Gasteiger partial charge in [-0.15, -0.1) is 10.2 Å². The highest BCUT2D eigenvalue weighted by molar-refractivity contribution is 5.85. The molecule has 0 spiro atoms. The Morgan fingerprint density at radius 1 is 1.05 bits per heavy atom. The smallest absolute Gasteiger partial charge is 0.151 e. The number of H-pyrrole nitrogens is 1. The van der Waals surface area contributed by atoms with Gasteiger partial charge in [-0.3, -0.25) is 0 Å². The van der Waals surface area contributed by atoms with Crippen LogP contribution in [0.4, 0.5) is 10.2 Å². The van der Waals surface area contributed by atoms with Crippen LogP contribution < -0.4 is 4.90 Å². The lowest BCUT2D eigenvalue weighted by Gasteiger charge is -2.27. The second kappa shape index (κ2) is 5.38. The van der Waals surface area contributed by atoms with Gasteiger partial charge in [-0.05, 0) is 36.4 Å². The third-order valence-electron chi connectivity index (χ3n) is 3.85. The maximum Gasteiger partial charge on any atom is 0.151 e. The molecule has 0 atom stereocenters. The minimum atomic E-state index is -0.255. The first-order chi connectivity index (χ1) is 10.8.